The fraction of sp³-hybridized carbons (Fsp3) is 0.100. The predicted molar refractivity (Wildman–Crippen MR) is 53.7 cm³/mol. The predicted octanol–water partition coefficient (Wildman–Crippen LogP) is 1.42. The SMILES string of the molecule is Cc1cc(N)cc2ccc(=O)[nH]c12. The van der Waals surface area contributed by atoms with E-state index in [-0.39, 0.29) is 5.56 Å². The number of anilines is 1. The maximum Gasteiger partial charge on any atom is 0.248 e. The summed E-state index contributed by atoms with van der Waals surface area (Å²) in [5.74, 6) is 0. The van der Waals surface area contributed by atoms with E-state index >= 15 is 0 Å². The van der Waals surface area contributed by atoms with Gasteiger partial charge in [-0.2, -0.15) is 0 Å². The van der Waals surface area contributed by atoms with Gasteiger partial charge in [0, 0.05) is 17.1 Å². The largest absolute Gasteiger partial charge is 0.399 e. The number of fused-ring (bicyclic) bond motifs is 1. The van der Waals surface area contributed by atoms with Gasteiger partial charge >= 0.3 is 0 Å². The van der Waals surface area contributed by atoms with Crippen LogP contribution in [0.3, 0.4) is 0 Å². The second kappa shape index (κ2) is 2.62. The number of nitrogen functional groups attached to an aromatic ring is 1. The molecule has 0 saturated carbocycles. The molecule has 0 saturated heterocycles. The van der Waals surface area contributed by atoms with E-state index in [2.05, 4.69) is 4.98 Å². The molecule has 1 aromatic heterocycles. The van der Waals surface area contributed by atoms with Gasteiger partial charge in [-0.1, -0.05) is 0 Å². The third-order valence-electron chi connectivity index (χ3n) is 2.05. The van der Waals surface area contributed by atoms with E-state index < -0.39 is 0 Å². The maximum absolute atomic E-state index is 11.0. The Morgan fingerprint density at radius 1 is 1.31 bits per heavy atom. The highest BCUT2D eigenvalue weighted by atomic mass is 16.1. The van der Waals surface area contributed by atoms with Crippen LogP contribution in [0.2, 0.25) is 0 Å². The molecule has 2 rings (SSSR count). The highest BCUT2D eigenvalue weighted by Crippen LogP contribution is 2.17. The van der Waals surface area contributed by atoms with Gasteiger partial charge in [0.2, 0.25) is 5.56 Å². The van der Waals surface area contributed by atoms with Gasteiger partial charge in [0.05, 0.1) is 5.52 Å². The summed E-state index contributed by atoms with van der Waals surface area (Å²) >= 11 is 0. The summed E-state index contributed by atoms with van der Waals surface area (Å²) in [6.45, 7) is 1.93. The molecule has 2 aromatic rings. The zero-order valence-electron chi connectivity index (χ0n) is 7.29. The van der Waals surface area contributed by atoms with Crippen LogP contribution in [0.1, 0.15) is 5.56 Å². The average molecular weight is 174 g/mol. The molecule has 66 valence electrons. The van der Waals surface area contributed by atoms with Crippen LogP contribution in [0, 0.1) is 6.92 Å². The topological polar surface area (TPSA) is 58.9 Å². The monoisotopic (exact) mass is 174 g/mol. The number of benzene rings is 1. The third-order valence-corrected chi connectivity index (χ3v) is 2.05. The smallest absolute Gasteiger partial charge is 0.248 e. The number of aryl methyl sites for hydroxylation is 1. The lowest BCUT2D eigenvalue weighted by Gasteiger charge is -2.02. The first kappa shape index (κ1) is 7.86. The minimum absolute atomic E-state index is 0.0830. The Morgan fingerprint density at radius 2 is 2.08 bits per heavy atom. The molecule has 0 radical (unpaired) electrons. The number of nitrogens with two attached hydrogens (primary N) is 1. The Morgan fingerprint density at radius 3 is 2.85 bits per heavy atom. The van der Waals surface area contributed by atoms with Crippen molar-refractivity contribution in [3.05, 3.63) is 40.2 Å². The van der Waals surface area contributed by atoms with Crippen LogP contribution >= 0.6 is 0 Å². The van der Waals surface area contributed by atoms with Gasteiger partial charge < -0.3 is 10.7 Å². The van der Waals surface area contributed by atoms with Crippen LogP contribution in [0.25, 0.3) is 10.9 Å². The van der Waals surface area contributed by atoms with Crippen molar-refractivity contribution in [2.45, 2.75) is 6.92 Å². The molecule has 3 heteroatoms. The Bertz CT molecular complexity index is 514. The minimum atomic E-state index is -0.0830. The molecule has 1 aromatic carbocycles. The van der Waals surface area contributed by atoms with Crippen molar-refractivity contribution < 1.29 is 0 Å². The van der Waals surface area contributed by atoms with Crippen molar-refractivity contribution >= 4 is 16.6 Å². The van der Waals surface area contributed by atoms with E-state index in [4.69, 9.17) is 5.73 Å². The Kier molecular flexibility index (Phi) is 1.59. The lowest BCUT2D eigenvalue weighted by molar-refractivity contribution is 1.28. The molecule has 0 amide bonds. The number of aromatic amines is 1. The quantitative estimate of drug-likeness (QED) is 0.593. The van der Waals surface area contributed by atoms with Crippen molar-refractivity contribution in [1.82, 2.24) is 4.98 Å². The van der Waals surface area contributed by atoms with Gasteiger partial charge in [0.15, 0.2) is 0 Å². The average Bonchev–Trinajstić information content (AvgIpc) is 2.06. The fourth-order valence-corrected chi connectivity index (χ4v) is 1.48. The summed E-state index contributed by atoms with van der Waals surface area (Å²) in [7, 11) is 0. The number of H-pyrrole nitrogens is 1. The van der Waals surface area contributed by atoms with Gasteiger partial charge in [0.25, 0.3) is 0 Å². The molecule has 0 bridgehead atoms. The molecule has 3 N–H and O–H groups in total. The van der Waals surface area contributed by atoms with Crippen LogP contribution < -0.4 is 11.3 Å². The van der Waals surface area contributed by atoms with Crippen molar-refractivity contribution in [3.8, 4) is 0 Å². The molecule has 0 aliphatic rings. The van der Waals surface area contributed by atoms with Crippen molar-refractivity contribution in [2.24, 2.45) is 0 Å². The van der Waals surface area contributed by atoms with E-state index in [1.807, 2.05) is 19.1 Å². The standard InChI is InChI=1S/C10H10N2O/c1-6-4-8(11)5-7-2-3-9(13)12-10(6)7/h2-5H,11H2,1H3,(H,12,13). The van der Waals surface area contributed by atoms with E-state index in [0.29, 0.717) is 0 Å². The molecule has 0 aliphatic carbocycles. The molecule has 3 nitrogen and oxygen atoms in total. The number of hydrogen-bond donors (Lipinski definition) is 2. The van der Waals surface area contributed by atoms with E-state index in [0.717, 1.165) is 22.2 Å². The van der Waals surface area contributed by atoms with Crippen LogP contribution in [-0.4, -0.2) is 4.98 Å². The van der Waals surface area contributed by atoms with Crippen molar-refractivity contribution in [3.63, 3.8) is 0 Å². The third kappa shape index (κ3) is 1.28. The van der Waals surface area contributed by atoms with E-state index in [1.165, 1.54) is 6.07 Å². The van der Waals surface area contributed by atoms with Gasteiger partial charge in [-0.15, -0.1) is 0 Å². The Labute approximate surface area is 75.2 Å². The van der Waals surface area contributed by atoms with Crippen molar-refractivity contribution in [2.75, 3.05) is 5.73 Å². The molecule has 0 fully saturated rings. The van der Waals surface area contributed by atoms with E-state index in [1.54, 1.807) is 6.07 Å². The summed E-state index contributed by atoms with van der Waals surface area (Å²) < 4.78 is 0. The van der Waals surface area contributed by atoms with Crippen LogP contribution in [-0.2, 0) is 0 Å². The molecule has 0 aliphatic heterocycles. The van der Waals surface area contributed by atoms with Gasteiger partial charge in [0.1, 0.15) is 0 Å². The highest BCUT2D eigenvalue weighted by molar-refractivity contribution is 5.84. The number of hydrogen-bond acceptors (Lipinski definition) is 2. The Hall–Kier alpha value is -1.77. The molecule has 0 unspecified atom stereocenters. The van der Waals surface area contributed by atoms with Gasteiger partial charge in [-0.05, 0) is 30.7 Å². The number of nitrogens with one attached hydrogen (secondary N) is 1. The normalized spacial score (nSPS) is 10.5. The zero-order chi connectivity index (χ0) is 9.42. The Balaban J connectivity index is 2.95. The number of aromatic nitrogens is 1. The number of pyridine rings is 1. The minimum Gasteiger partial charge on any atom is -0.399 e. The summed E-state index contributed by atoms with van der Waals surface area (Å²) in [4.78, 5) is 13.8. The van der Waals surface area contributed by atoms with Crippen molar-refractivity contribution in [1.29, 1.82) is 0 Å². The first-order valence-electron chi connectivity index (χ1n) is 4.06. The van der Waals surface area contributed by atoms with E-state index in [9.17, 15) is 4.79 Å². The first-order valence-corrected chi connectivity index (χ1v) is 4.06. The lowest BCUT2D eigenvalue weighted by atomic mass is 10.1. The molecule has 0 spiro atoms. The summed E-state index contributed by atoms with van der Waals surface area (Å²) in [5.41, 5.74) is 8.16. The van der Waals surface area contributed by atoms with Crippen LogP contribution in [0.4, 0.5) is 5.69 Å². The fourth-order valence-electron chi connectivity index (χ4n) is 1.48. The summed E-state index contributed by atoms with van der Waals surface area (Å²) in [6, 6.07) is 6.97. The van der Waals surface area contributed by atoms with Gasteiger partial charge in [-0.25, -0.2) is 0 Å². The molecular weight excluding hydrogens is 164 g/mol. The second-order valence-corrected chi connectivity index (χ2v) is 3.12. The maximum atomic E-state index is 11.0. The lowest BCUT2D eigenvalue weighted by Crippen LogP contribution is -2.03. The number of rotatable bonds is 0. The highest BCUT2D eigenvalue weighted by Gasteiger charge is 1.98. The summed E-state index contributed by atoms with van der Waals surface area (Å²) in [6.07, 6.45) is 0. The second-order valence-electron chi connectivity index (χ2n) is 3.12. The summed E-state index contributed by atoms with van der Waals surface area (Å²) in [5, 5.41) is 0.970. The molecular formula is C10H10N2O. The zero-order valence-corrected chi connectivity index (χ0v) is 7.29. The van der Waals surface area contributed by atoms with Crippen LogP contribution in [0.5, 0.6) is 0 Å². The van der Waals surface area contributed by atoms with Gasteiger partial charge in [-0.3, -0.25) is 4.79 Å². The van der Waals surface area contributed by atoms with Crippen LogP contribution in [0.15, 0.2) is 29.1 Å². The molecule has 13 heavy (non-hydrogen) atoms. The molecule has 1 heterocycles. The molecule has 0 atom stereocenters. The first-order chi connectivity index (χ1) is 6.16.